The summed E-state index contributed by atoms with van der Waals surface area (Å²) in [5.41, 5.74) is 3.56. The Labute approximate surface area is 230 Å². The average Bonchev–Trinajstić information content (AvgIpc) is 3.76. The second kappa shape index (κ2) is 11.2. The van der Waals surface area contributed by atoms with Crippen LogP contribution in [0.25, 0.3) is 16.8 Å². The Kier molecular flexibility index (Phi) is 7.15. The standard InChI is InChI=1S/C28H30N8O4/c1-2-25(37)31-20-7-5-18(6-8-20)26(38)35-12-3-4-21(16-35)32-28-33-24-10-9-23(19-14-29-30-15-19)27(36(24)34-28)40-22-11-13-39-17-22/h2,5-10,14-15,21-22H,1,3-4,11-13,16-17H2,(H,29,30)(H,31,37)(H,32,34)/t21?,22-/m0/s1. The Morgan fingerprint density at radius 2 is 2.05 bits per heavy atom. The highest BCUT2D eigenvalue weighted by molar-refractivity contribution is 5.99. The van der Waals surface area contributed by atoms with Crippen molar-refractivity contribution in [1.29, 1.82) is 0 Å². The number of fused-ring (bicyclic) bond motifs is 1. The minimum atomic E-state index is -0.298. The van der Waals surface area contributed by atoms with Gasteiger partial charge >= 0.3 is 0 Å². The van der Waals surface area contributed by atoms with Crippen molar-refractivity contribution in [3.63, 3.8) is 0 Å². The fourth-order valence-electron chi connectivity index (χ4n) is 5.01. The summed E-state index contributed by atoms with van der Waals surface area (Å²) in [6, 6.07) is 10.7. The lowest BCUT2D eigenvalue weighted by molar-refractivity contribution is -0.111. The van der Waals surface area contributed by atoms with Crippen LogP contribution in [0, 0.1) is 0 Å². The molecule has 40 heavy (non-hydrogen) atoms. The van der Waals surface area contributed by atoms with Crippen LogP contribution in [0.5, 0.6) is 5.88 Å². The number of aromatic nitrogens is 5. The van der Waals surface area contributed by atoms with E-state index in [1.54, 1.807) is 35.0 Å². The van der Waals surface area contributed by atoms with E-state index in [1.807, 2.05) is 23.2 Å². The molecule has 0 aliphatic carbocycles. The highest BCUT2D eigenvalue weighted by Crippen LogP contribution is 2.32. The number of hydrogen-bond acceptors (Lipinski definition) is 8. The van der Waals surface area contributed by atoms with Gasteiger partial charge in [-0.2, -0.15) is 14.6 Å². The quantitative estimate of drug-likeness (QED) is 0.289. The number of pyridine rings is 1. The van der Waals surface area contributed by atoms with Crippen LogP contribution in [0.1, 0.15) is 29.6 Å². The van der Waals surface area contributed by atoms with Gasteiger partial charge in [-0.3, -0.25) is 14.7 Å². The summed E-state index contributed by atoms with van der Waals surface area (Å²) in [5.74, 6) is 0.699. The average molecular weight is 543 g/mol. The molecule has 12 heteroatoms. The number of likely N-dealkylation sites (tertiary alicyclic amines) is 1. The van der Waals surface area contributed by atoms with E-state index in [0.717, 1.165) is 30.4 Å². The molecule has 2 aliphatic rings. The fourth-order valence-corrected chi connectivity index (χ4v) is 5.01. The van der Waals surface area contributed by atoms with Gasteiger partial charge in [-0.15, -0.1) is 5.10 Å². The highest BCUT2D eigenvalue weighted by Gasteiger charge is 2.27. The van der Waals surface area contributed by atoms with Crippen molar-refractivity contribution in [1.82, 2.24) is 29.7 Å². The van der Waals surface area contributed by atoms with Crippen molar-refractivity contribution < 1.29 is 19.1 Å². The lowest BCUT2D eigenvalue weighted by atomic mass is 10.0. The van der Waals surface area contributed by atoms with E-state index in [2.05, 4.69) is 27.4 Å². The number of amides is 2. The number of anilines is 2. The van der Waals surface area contributed by atoms with Crippen LogP contribution in [-0.2, 0) is 9.53 Å². The predicted molar refractivity (Wildman–Crippen MR) is 148 cm³/mol. The highest BCUT2D eigenvalue weighted by atomic mass is 16.6. The van der Waals surface area contributed by atoms with Gasteiger partial charge in [-0.25, -0.2) is 0 Å². The molecule has 0 bridgehead atoms. The molecule has 2 fully saturated rings. The van der Waals surface area contributed by atoms with Gasteiger partial charge < -0.3 is 25.0 Å². The topological polar surface area (TPSA) is 139 Å². The first-order valence-corrected chi connectivity index (χ1v) is 13.3. The maximum atomic E-state index is 13.2. The number of carbonyl (C=O) groups excluding carboxylic acids is 2. The number of piperidine rings is 1. The normalized spacial score (nSPS) is 18.9. The van der Waals surface area contributed by atoms with Gasteiger partial charge in [-0.1, -0.05) is 6.58 Å². The van der Waals surface area contributed by atoms with Crippen LogP contribution in [0.3, 0.4) is 0 Å². The lowest BCUT2D eigenvalue weighted by Crippen LogP contribution is -2.45. The molecule has 3 N–H and O–H groups in total. The monoisotopic (exact) mass is 542 g/mol. The van der Waals surface area contributed by atoms with Gasteiger partial charge in [0, 0.05) is 54.1 Å². The van der Waals surface area contributed by atoms with Crippen molar-refractivity contribution in [3.8, 4) is 17.0 Å². The molecule has 4 aromatic rings. The lowest BCUT2D eigenvalue weighted by Gasteiger charge is -2.33. The number of H-pyrrole nitrogens is 1. The molecule has 1 unspecified atom stereocenters. The van der Waals surface area contributed by atoms with E-state index >= 15 is 0 Å². The summed E-state index contributed by atoms with van der Waals surface area (Å²) in [6.07, 6.45) is 7.23. The van der Waals surface area contributed by atoms with E-state index in [1.165, 1.54) is 6.08 Å². The molecule has 2 saturated heterocycles. The van der Waals surface area contributed by atoms with Gasteiger partial charge in [0.25, 0.3) is 5.91 Å². The maximum Gasteiger partial charge on any atom is 0.253 e. The van der Waals surface area contributed by atoms with Crippen molar-refractivity contribution >= 4 is 29.1 Å². The number of ether oxygens (including phenoxy) is 2. The van der Waals surface area contributed by atoms with Gasteiger partial charge in [0.05, 0.1) is 19.4 Å². The van der Waals surface area contributed by atoms with Crippen LogP contribution in [0.2, 0.25) is 0 Å². The number of nitrogens with zero attached hydrogens (tertiary/aromatic N) is 5. The summed E-state index contributed by atoms with van der Waals surface area (Å²) in [4.78, 5) is 31.3. The zero-order valence-electron chi connectivity index (χ0n) is 21.9. The van der Waals surface area contributed by atoms with Crippen molar-refractivity contribution in [2.75, 3.05) is 36.9 Å². The van der Waals surface area contributed by atoms with Gasteiger partial charge in [0.1, 0.15) is 6.10 Å². The Bertz CT molecular complexity index is 1510. The summed E-state index contributed by atoms with van der Waals surface area (Å²) in [5, 5.41) is 17.8. The van der Waals surface area contributed by atoms with Crippen molar-refractivity contribution in [3.05, 3.63) is 67.0 Å². The second-order valence-corrected chi connectivity index (χ2v) is 9.85. The van der Waals surface area contributed by atoms with E-state index in [4.69, 9.17) is 19.6 Å². The van der Waals surface area contributed by atoms with Crippen LogP contribution in [-0.4, -0.2) is 80.0 Å². The van der Waals surface area contributed by atoms with Crippen molar-refractivity contribution in [2.45, 2.75) is 31.4 Å². The Morgan fingerprint density at radius 1 is 1.18 bits per heavy atom. The molecule has 2 aliphatic heterocycles. The molecule has 6 rings (SSSR count). The molecule has 2 amide bonds. The molecule has 3 aromatic heterocycles. The van der Waals surface area contributed by atoms with Crippen molar-refractivity contribution in [2.24, 2.45) is 0 Å². The number of aromatic amines is 1. The minimum Gasteiger partial charge on any atom is -0.471 e. The largest absolute Gasteiger partial charge is 0.471 e. The first-order valence-electron chi connectivity index (χ1n) is 13.3. The Hall–Kier alpha value is -4.71. The zero-order valence-corrected chi connectivity index (χ0v) is 21.9. The van der Waals surface area contributed by atoms with Gasteiger partial charge in [0.15, 0.2) is 5.65 Å². The number of carbonyl (C=O) groups is 2. The van der Waals surface area contributed by atoms with E-state index in [-0.39, 0.29) is 24.0 Å². The molecular formula is C28H30N8O4. The molecule has 0 radical (unpaired) electrons. The fraction of sp³-hybridized carbons (Fsp3) is 0.321. The van der Waals surface area contributed by atoms with E-state index in [9.17, 15) is 9.59 Å². The Morgan fingerprint density at radius 3 is 2.80 bits per heavy atom. The van der Waals surface area contributed by atoms with Crippen LogP contribution in [0.4, 0.5) is 11.6 Å². The third kappa shape index (κ3) is 5.38. The molecule has 5 heterocycles. The summed E-state index contributed by atoms with van der Waals surface area (Å²) in [7, 11) is 0. The summed E-state index contributed by atoms with van der Waals surface area (Å²) >= 11 is 0. The molecule has 12 nitrogen and oxygen atoms in total. The van der Waals surface area contributed by atoms with Crippen LogP contribution < -0.4 is 15.4 Å². The van der Waals surface area contributed by atoms with Crippen LogP contribution in [0.15, 0.2) is 61.4 Å². The first-order chi connectivity index (χ1) is 19.6. The van der Waals surface area contributed by atoms with Gasteiger partial charge in [0.2, 0.25) is 17.7 Å². The number of rotatable bonds is 8. The van der Waals surface area contributed by atoms with Crippen LogP contribution >= 0.6 is 0 Å². The number of benzene rings is 1. The molecule has 0 spiro atoms. The van der Waals surface area contributed by atoms with Gasteiger partial charge in [-0.05, 0) is 55.3 Å². The molecule has 206 valence electrons. The maximum absolute atomic E-state index is 13.2. The molecule has 1 aromatic carbocycles. The van der Waals surface area contributed by atoms with E-state index in [0.29, 0.717) is 55.0 Å². The number of hydrogen-bond donors (Lipinski definition) is 3. The zero-order chi connectivity index (χ0) is 27.5. The Balaban J connectivity index is 1.18. The molecule has 2 atom stereocenters. The summed E-state index contributed by atoms with van der Waals surface area (Å²) in [6.45, 7) is 5.83. The smallest absolute Gasteiger partial charge is 0.253 e. The second-order valence-electron chi connectivity index (χ2n) is 9.85. The first kappa shape index (κ1) is 25.6. The summed E-state index contributed by atoms with van der Waals surface area (Å²) < 4.78 is 13.6. The predicted octanol–water partition coefficient (Wildman–Crippen LogP) is 3.13. The minimum absolute atomic E-state index is 0.0118. The third-order valence-electron chi connectivity index (χ3n) is 7.06. The third-order valence-corrected chi connectivity index (χ3v) is 7.06. The number of nitrogens with one attached hydrogen (secondary N) is 3. The molecule has 0 saturated carbocycles. The molecular weight excluding hydrogens is 512 g/mol. The van der Waals surface area contributed by atoms with E-state index < -0.39 is 0 Å². The SMILES string of the molecule is C=CC(=O)Nc1ccc(C(=O)N2CCCC(Nc3nc4ccc(-c5cn[nH]c5)c(O[C@H]5CCOC5)n4n3)C2)cc1.